The van der Waals surface area contributed by atoms with Gasteiger partial charge >= 0.3 is 0 Å². The van der Waals surface area contributed by atoms with Crippen LogP contribution in [0.4, 0.5) is 0 Å². The molecule has 2 aromatic carbocycles. The van der Waals surface area contributed by atoms with E-state index in [4.69, 9.17) is 16.3 Å². The summed E-state index contributed by atoms with van der Waals surface area (Å²) in [5.41, 5.74) is -3.35. The second-order valence-electron chi connectivity index (χ2n) is 7.85. The number of amides is 2. The number of aliphatic hydroxyl groups is 2. The summed E-state index contributed by atoms with van der Waals surface area (Å²) in [6.45, 7) is 0. The van der Waals surface area contributed by atoms with E-state index in [1.807, 2.05) is 0 Å². The quantitative estimate of drug-likeness (QED) is 0.396. The zero-order valence-corrected chi connectivity index (χ0v) is 17.2. The van der Waals surface area contributed by atoms with Crippen LogP contribution < -0.4 is 4.74 Å². The Kier molecular flexibility index (Phi) is 3.26. The van der Waals surface area contributed by atoms with E-state index < -0.39 is 23.1 Å². The number of nitrogens with one attached hydrogen (secondary N) is 1. The standard InChI is InChI=1S/C22H16ClN3O5/c1-25-19(27)21(29)15-12-9-10(23)7-8-13(12)24-16(15)17-18(31-2)11-5-3-4-6-14(11)26(17)22(21,30)20(25)28/h3-9,24,29-30H,1-2H3. The van der Waals surface area contributed by atoms with Crippen LogP contribution >= 0.6 is 11.6 Å². The van der Waals surface area contributed by atoms with Gasteiger partial charge in [-0.1, -0.05) is 23.7 Å². The van der Waals surface area contributed by atoms with Crippen LogP contribution in [0, 0.1) is 0 Å². The molecule has 0 radical (unpaired) electrons. The first kappa shape index (κ1) is 18.4. The number of carbonyl (C=O) groups excluding carboxylic acids is 2. The van der Waals surface area contributed by atoms with Crippen molar-refractivity contribution in [3.05, 3.63) is 53.1 Å². The van der Waals surface area contributed by atoms with Crippen molar-refractivity contribution in [2.45, 2.75) is 11.3 Å². The molecule has 2 aliphatic heterocycles. The highest BCUT2D eigenvalue weighted by Crippen LogP contribution is 2.59. The first-order valence-electron chi connectivity index (χ1n) is 9.54. The average molecular weight is 438 g/mol. The normalized spacial score (nSPS) is 24.6. The number of halogens is 1. The summed E-state index contributed by atoms with van der Waals surface area (Å²) >= 11 is 6.21. The van der Waals surface area contributed by atoms with Crippen LogP contribution in [0.25, 0.3) is 33.2 Å². The molecule has 8 nitrogen and oxygen atoms in total. The third kappa shape index (κ3) is 1.77. The van der Waals surface area contributed by atoms with Gasteiger partial charge in [0.2, 0.25) is 5.60 Å². The van der Waals surface area contributed by atoms with Gasteiger partial charge in [0.25, 0.3) is 17.5 Å². The van der Waals surface area contributed by atoms with Gasteiger partial charge < -0.3 is 19.9 Å². The van der Waals surface area contributed by atoms with Gasteiger partial charge in [-0.3, -0.25) is 19.1 Å². The lowest BCUT2D eigenvalue weighted by Gasteiger charge is -2.40. The van der Waals surface area contributed by atoms with Gasteiger partial charge in [-0.15, -0.1) is 0 Å². The Hall–Kier alpha value is -3.33. The van der Waals surface area contributed by atoms with Crippen molar-refractivity contribution >= 4 is 45.2 Å². The summed E-state index contributed by atoms with van der Waals surface area (Å²) < 4.78 is 6.98. The molecule has 4 heterocycles. The van der Waals surface area contributed by atoms with E-state index in [1.54, 1.807) is 42.5 Å². The third-order valence-corrected chi connectivity index (χ3v) is 6.67. The van der Waals surface area contributed by atoms with Gasteiger partial charge in [-0.25, -0.2) is 0 Å². The average Bonchev–Trinajstić information content (AvgIpc) is 3.34. The Bertz CT molecular complexity index is 1490. The highest BCUT2D eigenvalue weighted by atomic mass is 35.5. The number of para-hydroxylation sites is 1. The molecular weight excluding hydrogens is 422 g/mol. The van der Waals surface area contributed by atoms with Crippen molar-refractivity contribution in [1.82, 2.24) is 14.5 Å². The molecule has 2 aromatic heterocycles. The Labute approximate surface area is 180 Å². The fourth-order valence-corrected chi connectivity index (χ4v) is 5.28. The number of ether oxygens (including phenoxy) is 1. The van der Waals surface area contributed by atoms with Crippen LogP contribution in [0.15, 0.2) is 42.5 Å². The molecule has 6 rings (SSSR count). The number of aromatic nitrogens is 2. The van der Waals surface area contributed by atoms with Gasteiger partial charge in [0.05, 0.1) is 18.3 Å². The number of carbonyl (C=O) groups is 2. The maximum absolute atomic E-state index is 13.3. The fraction of sp³-hybridized carbons (Fsp3) is 0.182. The highest BCUT2D eigenvalue weighted by Gasteiger charge is 2.74. The number of rotatable bonds is 1. The van der Waals surface area contributed by atoms with Crippen molar-refractivity contribution in [3.8, 4) is 17.1 Å². The number of likely N-dealkylation sites (tertiary alicyclic amines) is 1. The summed E-state index contributed by atoms with van der Waals surface area (Å²) in [5.74, 6) is -1.46. The molecule has 0 spiro atoms. The van der Waals surface area contributed by atoms with Crippen molar-refractivity contribution in [3.63, 3.8) is 0 Å². The number of hydrogen-bond acceptors (Lipinski definition) is 5. The van der Waals surface area contributed by atoms with Crippen LogP contribution in [0.2, 0.25) is 5.02 Å². The molecule has 3 N–H and O–H groups in total. The molecule has 31 heavy (non-hydrogen) atoms. The Morgan fingerprint density at radius 1 is 1.06 bits per heavy atom. The summed E-state index contributed by atoms with van der Waals surface area (Å²) in [6.07, 6.45) is 0. The van der Waals surface area contributed by atoms with Crippen molar-refractivity contribution in [2.75, 3.05) is 14.2 Å². The van der Waals surface area contributed by atoms with E-state index >= 15 is 0 Å². The van der Waals surface area contributed by atoms with Crippen LogP contribution in [0.5, 0.6) is 5.75 Å². The second-order valence-corrected chi connectivity index (χ2v) is 8.29. The van der Waals surface area contributed by atoms with E-state index in [9.17, 15) is 19.8 Å². The Morgan fingerprint density at radius 3 is 2.55 bits per heavy atom. The predicted octanol–water partition coefficient (Wildman–Crippen LogP) is 2.30. The topological polar surface area (TPSA) is 108 Å². The zero-order valence-electron chi connectivity index (χ0n) is 16.4. The van der Waals surface area contributed by atoms with Gasteiger partial charge in [0.15, 0.2) is 5.75 Å². The third-order valence-electron chi connectivity index (χ3n) is 6.44. The fourth-order valence-electron chi connectivity index (χ4n) is 5.11. The van der Waals surface area contributed by atoms with Crippen LogP contribution in [-0.4, -0.2) is 50.6 Å². The maximum atomic E-state index is 13.3. The van der Waals surface area contributed by atoms with E-state index in [1.165, 1.54) is 18.7 Å². The number of methoxy groups -OCH3 is 1. The molecule has 2 atom stereocenters. The van der Waals surface area contributed by atoms with Crippen LogP contribution in [0.1, 0.15) is 5.56 Å². The zero-order chi connectivity index (χ0) is 21.9. The molecule has 2 unspecified atom stereocenters. The Morgan fingerprint density at radius 2 is 1.81 bits per heavy atom. The van der Waals surface area contributed by atoms with Gasteiger partial charge in [-0.05, 0) is 30.3 Å². The van der Waals surface area contributed by atoms with Gasteiger partial charge in [0.1, 0.15) is 5.69 Å². The lowest BCUT2D eigenvalue weighted by Crippen LogP contribution is -2.58. The molecule has 1 saturated heterocycles. The SMILES string of the molecule is COc1c2n(c3ccccc13)C1(O)C(=O)N(C)C(=O)C1(O)c1c-2[nH]c2ccc(Cl)cc12. The highest BCUT2D eigenvalue weighted by molar-refractivity contribution is 6.31. The van der Waals surface area contributed by atoms with Crippen LogP contribution in [-0.2, 0) is 20.9 Å². The summed E-state index contributed by atoms with van der Waals surface area (Å²) in [4.78, 5) is 30.6. The molecule has 9 heteroatoms. The minimum Gasteiger partial charge on any atom is -0.494 e. The predicted molar refractivity (Wildman–Crippen MR) is 113 cm³/mol. The first-order chi connectivity index (χ1) is 14.8. The molecule has 2 amide bonds. The van der Waals surface area contributed by atoms with Gasteiger partial charge in [0, 0.05) is 33.9 Å². The largest absolute Gasteiger partial charge is 0.494 e. The minimum absolute atomic E-state index is 0.0869. The number of benzene rings is 2. The number of likely N-dealkylation sites (N-methyl/N-ethyl adjacent to an activating group) is 1. The molecule has 156 valence electrons. The number of nitrogens with zero attached hydrogens (tertiary/aromatic N) is 2. The number of hydrogen-bond donors (Lipinski definition) is 3. The number of fused-ring (bicyclic) bond motifs is 10. The second kappa shape index (κ2) is 5.47. The molecule has 1 fully saturated rings. The lowest BCUT2D eigenvalue weighted by molar-refractivity contribution is -0.193. The molecule has 0 aliphatic carbocycles. The summed E-state index contributed by atoms with van der Waals surface area (Å²) in [7, 11) is 2.73. The minimum atomic E-state index is -2.62. The van der Waals surface area contributed by atoms with Crippen LogP contribution in [0.3, 0.4) is 0 Å². The molecular formula is C22H16ClN3O5. The number of imide groups is 1. The van der Waals surface area contributed by atoms with Crippen molar-refractivity contribution < 1.29 is 24.5 Å². The Balaban J connectivity index is 1.93. The molecule has 4 aromatic rings. The molecule has 0 saturated carbocycles. The molecule has 0 bridgehead atoms. The summed E-state index contributed by atoms with van der Waals surface area (Å²) in [5, 5.41) is 25.3. The van der Waals surface area contributed by atoms with Crippen molar-refractivity contribution in [2.24, 2.45) is 0 Å². The van der Waals surface area contributed by atoms with E-state index in [-0.39, 0.29) is 5.56 Å². The monoisotopic (exact) mass is 437 g/mol. The maximum Gasteiger partial charge on any atom is 0.286 e. The number of H-pyrrole nitrogens is 1. The lowest BCUT2D eigenvalue weighted by atomic mass is 9.79. The first-order valence-corrected chi connectivity index (χ1v) is 9.92. The van der Waals surface area contributed by atoms with Gasteiger partial charge in [-0.2, -0.15) is 0 Å². The van der Waals surface area contributed by atoms with E-state index in [0.717, 1.165) is 4.90 Å². The smallest absolute Gasteiger partial charge is 0.286 e. The molecule has 2 aliphatic rings. The summed E-state index contributed by atoms with van der Waals surface area (Å²) in [6, 6.07) is 12.0. The van der Waals surface area contributed by atoms with E-state index in [0.29, 0.717) is 44.0 Å². The van der Waals surface area contributed by atoms with Crippen molar-refractivity contribution in [1.29, 1.82) is 0 Å². The number of aromatic amines is 1. The van der Waals surface area contributed by atoms with E-state index in [2.05, 4.69) is 4.98 Å².